The van der Waals surface area contributed by atoms with Gasteiger partial charge >= 0.3 is 0 Å². The number of rotatable bonds is 2. The maximum absolute atomic E-state index is 9.95. The highest BCUT2D eigenvalue weighted by Gasteiger charge is 2.37. The van der Waals surface area contributed by atoms with Crippen LogP contribution in [0.5, 0.6) is 5.75 Å². The third-order valence-corrected chi connectivity index (χ3v) is 4.55. The lowest BCUT2D eigenvalue weighted by atomic mass is 9.81. The van der Waals surface area contributed by atoms with E-state index in [0.717, 1.165) is 23.7 Å². The van der Waals surface area contributed by atoms with Crippen molar-refractivity contribution in [3.05, 3.63) is 29.5 Å². The van der Waals surface area contributed by atoms with Gasteiger partial charge in [-0.05, 0) is 31.4 Å². The summed E-state index contributed by atoms with van der Waals surface area (Å²) in [6.45, 7) is 2.81. The average Bonchev–Trinajstić information content (AvgIpc) is 2.97. The Hall–Kier alpha value is -1.48. The minimum atomic E-state index is 0.0928. The molecule has 2 aromatic rings. The molecule has 1 aliphatic carbocycles. The molecule has 1 heterocycles. The summed E-state index contributed by atoms with van der Waals surface area (Å²) in [5.74, 6) is 0.326. The summed E-state index contributed by atoms with van der Waals surface area (Å²) >= 11 is 0. The van der Waals surface area contributed by atoms with Crippen molar-refractivity contribution in [1.29, 1.82) is 0 Å². The monoisotopic (exact) mass is 244 g/mol. The molecule has 1 saturated carbocycles. The average molecular weight is 244 g/mol. The Morgan fingerprint density at radius 2 is 2.06 bits per heavy atom. The number of hydrogen-bond donors (Lipinski definition) is 3. The molecule has 1 aromatic heterocycles. The topological polar surface area (TPSA) is 62.0 Å². The molecule has 3 nitrogen and oxygen atoms in total. The Labute approximate surface area is 107 Å². The molecule has 3 rings (SSSR count). The quantitative estimate of drug-likeness (QED) is 0.760. The highest BCUT2D eigenvalue weighted by Crippen LogP contribution is 2.43. The van der Waals surface area contributed by atoms with Crippen LogP contribution in [0.2, 0.25) is 0 Å². The van der Waals surface area contributed by atoms with Gasteiger partial charge in [0, 0.05) is 23.0 Å². The van der Waals surface area contributed by atoms with E-state index >= 15 is 0 Å². The van der Waals surface area contributed by atoms with Crippen molar-refractivity contribution in [2.75, 3.05) is 6.54 Å². The summed E-state index contributed by atoms with van der Waals surface area (Å²) in [7, 11) is 0. The number of nitrogens with one attached hydrogen (secondary N) is 1. The molecule has 96 valence electrons. The second-order valence-corrected chi connectivity index (χ2v) is 5.52. The number of para-hydroxylation sites is 1. The lowest BCUT2D eigenvalue weighted by molar-refractivity contribution is 0.439. The van der Waals surface area contributed by atoms with Crippen LogP contribution in [0, 0.1) is 6.92 Å². The lowest BCUT2D eigenvalue weighted by Crippen LogP contribution is -2.33. The predicted octanol–water partition coefficient (Wildman–Crippen LogP) is 2.95. The highest BCUT2D eigenvalue weighted by atomic mass is 16.3. The number of hydrogen-bond acceptors (Lipinski definition) is 2. The van der Waals surface area contributed by atoms with E-state index in [1.165, 1.54) is 24.1 Å². The van der Waals surface area contributed by atoms with Crippen molar-refractivity contribution in [1.82, 2.24) is 4.98 Å². The van der Waals surface area contributed by atoms with Crippen LogP contribution >= 0.6 is 0 Å². The van der Waals surface area contributed by atoms with E-state index in [0.29, 0.717) is 12.3 Å². The first-order valence-electron chi connectivity index (χ1n) is 6.69. The molecule has 0 radical (unpaired) electrons. The molecule has 0 spiro atoms. The number of aryl methyl sites for hydroxylation is 1. The lowest BCUT2D eigenvalue weighted by Gasteiger charge is -2.27. The van der Waals surface area contributed by atoms with Crippen molar-refractivity contribution in [2.24, 2.45) is 5.73 Å². The maximum atomic E-state index is 9.95. The number of aromatic hydroxyl groups is 1. The number of phenolic OH excluding ortho intramolecular Hbond substituents is 1. The van der Waals surface area contributed by atoms with Gasteiger partial charge in [-0.2, -0.15) is 0 Å². The van der Waals surface area contributed by atoms with Crippen molar-refractivity contribution < 1.29 is 5.11 Å². The molecular formula is C15H20N2O. The van der Waals surface area contributed by atoms with Crippen LogP contribution < -0.4 is 5.73 Å². The van der Waals surface area contributed by atoms with Gasteiger partial charge in [0.15, 0.2) is 0 Å². The molecule has 0 bridgehead atoms. The van der Waals surface area contributed by atoms with Crippen LogP contribution in [0.3, 0.4) is 0 Å². The minimum absolute atomic E-state index is 0.0928. The molecule has 0 saturated heterocycles. The van der Waals surface area contributed by atoms with E-state index < -0.39 is 0 Å². The fourth-order valence-electron chi connectivity index (χ4n) is 3.48. The molecule has 4 N–H and O–H groups in total. The van der Waals surface area contributed by atoms with E-state index in [1.807, 2.05) is 6.07 Å². The van der Waals surface area contributed by atoms with Crippen molar-refractivity contribution in [3.63, 3.8) is 0 Å². The second kappa shape index (κ2) is 4.02. The van der Waals surface area contributed by atoms with E-state index in [1.54, 1.807) is 6.07 Å². The van der Waals surface area contributed by atoms with E-state index in [9.17, 15) is 5.11 Å². The number of nitrogens with two attached hydrogens (primary N) is 1. The normalized spacial score (nSPS) is 18.6. The summed E-state index contributed by atoms with van der Waals surface area (Å²) in [4.78, 5) is 3.44. The molecule has 3 heteroatoms. The zero-order valence-electron chi connectivity index (χ0n) is 10.8. The number of aromatic amines is 1. The summed E-state index contributed by atoms with van der Waals surface area (Å²) in [5, 5.41) is 11.1. The Kier molecular flexibility index (Phi) is 2.59. The van der Waals surface area contributed by atoms with Crippen LogP contribution in [-0.4, -0.2) is 16.6 Å². The van der Waals surface area contributed by atoms with Gasteiger partial charge in [0.05, 0.1) is 5.52 Å². The number of H-pyrrole nitrogens is 1. The molecule has 18 heavy (non-hydrogen) atoms. The number of phenols is 1. The molecular weight excluding hydrogens is 224 g/mol. The van der Waals surface area contributed by atoms with Crippen molar-refractivity contribution in [2.45, 2.75) is 38.0 Å². The molecule has 1 fully saturated rings. The van der Waals surface area contributed by atoms with Gasteiger partial charge in [-0.25, -0.2) is 0 Å². The first-order chi connectivity index (χ1) is 8.68. The van der Waals surface area contributed by atoms with Crippen molar-refractivity contribution in [3.8, 4) is 5.75 Å². The van der Waals surface area contributed by atoms with Gasteiger partial charge in [0.1, 0.15) is 5.75 Å². The Morgan fingerprint density at radius 3 is 2.67 bits per heavy atom. The first-order valence-corrected chi connectivity index (χ1v) is 6.69. The van der Waals surface area contributed by atoms with E-state index in [2.05, 4.69) is 18.0 Å². The molecule has 1 aromatic carbocycles. The van der Waals surface area contributed by atoms with Crippen LogP contribution in [0.1, 0.15) is 36.9 Å². The van der Waals surface area contributed by atoms with E-state index in [-0.39, 0.29) is 5.41 Å². The fourth-order valence-corrected chi connectivity index (χ4v) is 3.48. The number of fused-ring (bicyclic) bond motifs is 1. The minimum Gasteiger partial charge on any atom is -0.506 e. The van der Waals surface area contributed by atoms with Gasteiger partial charge in [-0.15, -0.1) is 0 Å². The number of benzene rings is 1. The Balaban J connectivity index is 2.23. The zero-order chi connectivity index (χ0) is 12.8. The summed E-state index contributed by atoms with van der Waals surface area (Å²) in [6.07, 6.45) is 4.80. The third kappa shape index (κ3) is 1.47. The van der Waals surface area contributed by atoms with Crippen molar-refractivity contribution >= 4 is 10.9 Å². The maximum Gasteiger partial charge on any atom is 0.139 e. The Morgan fingerprint density at radius 1 is 1.33 bits per heavy atom. The summed E-state index contributed by atoms with van der Waals surface area (Å²) < 4.78 is 0. The molecule has 0 amide bonds. The third-order valence-electron chi connectivity index (χ3n) is 4.55. The standard InChI is InChI=1S/C15H20N2O/c1-10-11-5-4-6-12(18)13(11)17-14(10)15(9-16)7-2-3-8-15/h4-6,17-18H,2-3,7-9,16H2,1H3. The fraction of sp³-hybridized carbons (Fsp3) is 0.467. The molecule has 1 aliphatic rings. The highest BCUT2D eigenvalue weighted by molar-refractivity contribution is 5.89. The Bertz CT molecular complexity index is 579. The van der Waals surface area contributed by atoms with Gasteiger partial charge < -0.3 is 15.8 Å². The predicted molar refractivity (Wildman–Crippen MR) is 73.9 cm³/mol. The summed E-state index contributed by atoms with van der Waals surface area (Å²) in [5.41, 5.74) is 9.47. The van der Waals surface area contributed by atoms with Gasteiger partial charge in [0.25, 0.3) is 0 Å². The SMILES string of the molecule is Cc1c(C2(CN)CCCC2)[nH]c2c(O)cccc12. The largest absolute Gasteiger partial charge is 0.506 e. The second-order valence-electron chi connectivity index (χ2n) is 5.52. The molecule has 0 unspecified atom stereocenters. The van der Waals surface area contributed by atoms with Gasteiger partial charge in [0.2, 0.25) is 0 Å². The van der Waals surface area contributed by atoms with Crippen LogP contribution in [0.15, 0.2) is 18.2 Å². The van der Waals surface area contributed by atoms with Crippen LogP contribution in [-0.2, 0) is 5.41 Å². The molecule has 0 atom stereocenters. The van der Waals surface area contributed by atoms with Crippen LogP contribution in [0.25, 0.3) is 10.9 Å². The first kappa shape index (κ1) is 11.6. The summed E-state index contributed by atoms with van der Waals surface area (Å²) in [6, 6.07) is 5.68. The van der Waals surface area contributed by atoms with E-state index in [4.69, 9.17) is 5.73 Å². The van der Waals surface area contributed by atoms with Crippen LogP contribution in [0.4, 0.5) is 0 Å². The smallest absolute Gasteiger partial charge is 0.139 e. The van der Waals surface area contributed by atoms with Gasteiger partial charge in [-0.1, -0.05) is 25.0 Å². The number of aromatic nitrogens is 1. The zero-order valence-corrected chi connectivity index (χ0v) is 10.8. The van der Waals surface area contributed by atoms with Gasteiger partial charge in [-0.3, -0.25) is 0 Å². The molecule has 0 aliphatic heterocycles.